The standard InChI is InChI=1S/C20H32N2O/c1-3-4-5-6-7-8-9-10-14-17-20(23)22-21-18(2)19-15-12-11-13-16-19/h11-13,15-16H,3-10,14,17H2,1-2H3,(H,22,23). The van der Waals surface area contributed by atoms with Crippen molar-refractivity contribution in [2.75, 3.05) is 0 Å². The van der Waals surface area contributed by atoms with Crippen LogP contribution in [-0.2, 0) is 4.79 Å². The van der Waals surface area contributed by atoms with Crippen LogP contribution in [0.4, 0.5) is 0 Å². The topological polar surface area (TPSA) is 41.5 Å². The summed E-state index contributed by atoms with van der Waals surface area (Å²) in [4.78, 5) is 11.8. The van der Waals surface area contributed by atoms with E-state index in [1.54, 1.807) is 0 Å². The minimum absolute atomic E-state index is 0.0169. The van der Waals surface area contributed by atoms with Crippen molar-refractivity contribution in [3.05, 3.63) is 35.9 Å². The molecule has 128 valence electrons. The average molecular weight is 316 g/mol. The molecule has 0 heterocycles. The van der Waals surface area contributed by atoms with Crippen molar-refractivity contribution >= 4 is 11.6 Å². The molecule has 0 aliphatic heterocycles. The highest BCUT2D eigenvalue weighted by molar-refractivity contribution is 5.99. The summed E-state index contributed by atoms with van der Waals surface area (Å²) in [5.74, 6) is 0.0169. The fourth-order valence-electron chi connectivity index (χ4n) is 2.54. The number of unbranched alkanes of at least 4 members (excludes halogenated alkanes) is 8. The minimum Gasteiger partial charge on any atom is -0.273 e. The van der Waals surface area contributed by atoms with Crippen LogP contribution in [0.1, 0.15) is 83.6 Å². The number of benzene rings is 1. The lowest BCUT2D eigenvalue weighted by Gasteiger charge is -2.03. The van der Waals surface area contributed by atoms with Crippen LogP contribution >= 0.6 is 0 Å². The normalized spacial score (nSPS) is 11.5. The van der Waals surface area contributed by atoms with Crippen molar-refractivity contribution in [1.82, 2.24) is 5.43 Å². The van der Waals surface area contributed by atoms with E-state index in [1.807, 2.05) is 37.3 Å². The second-order valence-corrected chi connectivity index (χ2v) is 6.18. The monoisotopic (exact) mass is 316 g/mol. The number of hydrogen-bond donors (Lipinski definition) is 1. The molecule has 3 heteroatoms. The van der Waals surface area contributed by atoms with Crippen molar-refractivity contribution < 1.29 is 4.79 Å². The molecule has 23 heavy (non-hydrogen) atoms. The molecule has 0 saturated carbocycles. The molecule has 0 atom stereocenters. The SMILES string of the molecule is CCCCCCCCCCCC(=O)NN=C(C)c1ccccc1. The number of nitrogens with zero attached hydrogens (tertiary/aromatic N) is 1. The van der Waals surface area contributed by atoms with Gasteiger partial charge < -0.3 is 0 Å². The zero-order valence-corrected chi connectivity index (χ0v) is 14.8. The number of rotatable bonds is 12. The summed E-state index contributed by atoms with van der Waals surface area (Å²) < 4.78 is 0. The van der Waals surface area contributed by atoms with Crippen molar-refractivity contribution in [2.24, 2.45) is 5.10 Å². The molecule has 0 fully saturated rings. The van der Waals surface area contributed by atoms with Crippen molar-refractivity contribution in [1.29, 1.82) is 0 Å². The molecule has 0 aliphatic rings. The van der Waals surface area contributed by atoms with Crippen LogP contribution in [0.2, 0.25) is 0 Å². The maximum atomic E-state index is 11.8. The predicted molar refractivity (Wildman–Crippen MR) is 98.6 cm³/mol. The van der Waals surface area contributed by atoms with Gasteiger partial charge in [-0.05, 0) is 18.9 Å². The third-order valence-electron chi connectivity index (χ3n) is 4.05. The highest BCUT2D eigenvalue weighted by Crippen LogP contribution is 2.10. The first-order chi connectivity index (χ1) is 11.2. The summed E-state index contributed by atoms with van der Waals surface area (Å²) in [5.41, 5.74) is 4.53. The lowest BCUT2D eigenvalue weighted by molar-refractivity contribution is -0.121. The van der Waals surface area contributed by atoms with E-state index in [-0.39, 0.29) is 5.91 Å². The maximum Gasteiger partial charge on any atom is 0.240 e. The zero-order valence-electron chi connectivity index (χ0n) is 14.8. The van der Waals surface area contributed by atoms with Crippen LogP contribution in [0.15, 0.2) is 35.4 Å². The quantitative estimate of drug-likeness (QED) is 0.311. The molecule has 0 aliphatic carbocycles. The van der Waals surface area contributed by atoms with Gasteiger partial charge in [-0.15, -0.1) is 0 Å². The molecule has 0 spiro atoms. The Balaban J connectivity index is 2.04. The van der Waals surface area contributed by atoms with E-state index in [4.69, 9.17) is 0 Å². The van der Waals surface area contributed by atoms with Gasteiger partial charge in [0, 0.05) is 6.42 Å². The summed E-state index contributed by atoms with van der Waals surface area (Å²) in [6.07, 6.45) is 12.0. The van der Waals surface area contributed by atoms with Crippen molar-refractivity contribution in [3.63, 3.8) is 0 Å². The summed E-state index contributed by atoms with van der Waals surface area (Å²) in [7, 11) is 0. The molecule has 1 N–H and O–H groups in total. The number of hydrazone groups is 1. The zero-order chi connectivity index (χ0) is 16.8. The fourth-order valence-corrected chi connectivity index (χ4v) is 2.54. The first-order valence-corrected chi connectivity index (χ1v) is 9.12. The lowest BCUT2D eigenvalue weighted by atomic mass is 10.1. The molecule has 1 amide bonds. The van der Waals surface area contributed by atoms with E-state index in [9.17, 15) is 4.79 Å². The van der Waals surface area contributed by atoms with Gasteiger partial charge in [0.1, 0.15) is 0 Å². The van der Waals surface area contributed by atoms with Gasteiger partial charge in [0.25, 0.3) is 0 Å². The molecule has 1 aromatic carbocycles. The van der Waals surface area contributed by atoms with E-state index in [1.165, 1.54) is 44.9 Å². The van der Waals surface area contributed by atoms with Gasteiger partial charge >= 0.3 is 0 Å². The Morgan fingerprint density at radius 1 is 0.913 bits per heavy atom. The van der Waals surface area contributed by atoms with Crippen LogP contribution in [0.3, 0.4) is 0 Å². The summed E-state index contributed by atoms with van der Waals surface area (Å²) in [5, 5.41) is 4.17. The van der Waals surface area contributed by atoms with Gasteiger partial charge in [-0.3, -0.25) is 4.79 Å². The van der Waals surface area contributed by atoms with Gasteiger partial charge in [-0.2, -0.15) is 5.10 Å². The molecule has 0 bridgehead atoms. The number of hydrogen-bond acceptors (Lipinski definition) is 2. The third kappa shape index (κ3) is 9.88. The van der Waals surface area contributed by atoms with E-state index >= 15 is 0 Å². The Morgan fingerprint density at radius 2 is 1.48 bits per heavy atom. The molecule has 0 unspecified atom stereocenters. The van der Waals surface area contributed by atoms with Crippen LogP contribution in [-0.4, -0.2) is 11.6 Å². The highest BCUT2D eigenvalue weighted by Gasteiger charge is 2.01. The number of nitrogens with one attached hydrogen (secondary N) is 1. The number of carbonyl (C=O) groups is 1. The Bertz CT molecular complexity index is 454. The van der Waals surface area contributed by atoms with Crippen LogP contribution < -0.4 is 5.43 Å². The fraction of sp³-hybridized carbons (Fsp3) is 0.600. The molecule has 0 saturated heterocycles. The van der Waals surface area contributed by atoms with Crippen LogP contribution in [0.25, 0.3) is 0 Å². The molecular formula is C20H32N2O. The number of amides is 1. The minimum atomic E-state index is 0.0169. The van der Waals surface area contributed by atoms with Gasteiger partial charge in [-0.1, -0.05) is 88.6 Å². The lowest BCUT2D eigenvalue weighted by Crippen LogP contribution is -2.18. The van der Waals surface area contributed by atoms with Gasteiger partial charge in [-0.25, -0.2) is 5.43 Å². The van der Waals surface area contributed by atoms with Crippen molar-refractivity contribution in [3.8, 4) is 0 Å². The maximum absolute atomic E-state index is 11.8. The molecule has 1 rings (SSSR count). The number of carbonyl (C=O) groups excluding carboxylic acids is 1. The van der Waals surface area contributed by atoms with Gasteiger partial charge in [0.2, 0.25) is 5.91 Å². The second kappa shape index (κ2) is 12.9. The molecule has 0 aromatic heterocycles. The van der Waals surface area contributed by atoms with E-state index in [0.717, 1.165) is 24.1 Å². The first kappa shape index (κ1) is 19.4. The average Bonchev–Trinajstić information content (AvgIpc) is 2.59. The Morgan fingerprint density at radius 3 is 2.09 bits per heavy atom. The third-order valence-corrected chi connectivity index (χ3v) is 4.05. The van der Waals surface area contributed by atoms with Crippen LogP contribution in [0.5, 0.6) is 0 Å². The van der Waals surface area contributed by atoms with Crippen LogP contribution in [0, 0.1) is 0 Å². The molecular weight excluding hydrogens is 284 g/mol. The second-order valence-electron chi connectivity index (χ2n) is 6.18. The molecule has 3 nitrogen and oxygen atoms in total. The molecule has 0 radical (unpaired) electrons. The molecule has 1 aromatic rings. The summed E-state index contributed by atoms with van der Waals surface area (Å²) in [6.45, 7) is 4.16. The highest BCUT2D eigenvalue weighted by atomic mass is 16.2. The van der Waals surface area contributed by atoms with E-state index in [2.05, 4.69) is 17.5 Å². The predicted octanol–water partition coefficient (Wildman–Crippen LogP) is 5.45. The van der Waals surface area contributed by atoms with Gasteiger partial charge in [0.05, 0.1) is 5.71 Å². The van der Waals surface area contributed by atoms with E-state index in [0.29, 0.717) is 6.42 Å². The Kier molecular flexibility index (Phi) is 10.9. The smallest absolute Gasteiger partial charge is 0.240 e. The Labute approximate surface area is 141 Å². The largest absolute Gasteiger partial charge is 0.273 e. The van der Waals surface area contributed by atoms with E-state index < -0.39 is 0 Å². The summed E-state index contributed by atoms with van der Waals surface area (Å²) >= 11 is 0. The first-order valence-electron chi connectivity index (χ1n) is 9.12. The van der Waals surface area contributed by atoms with Gasteiger partial charge in [0.15, 0.2) is 0 Å². The Hall–Kier alpha value is -1.64. The summed E-state index contributed by atoms with van der Waals surface area (Å²) in [6, 6.07) is 9.90. The van der Waals surface area contributed by atoms with Crippen molar-refractivity contribution in [2.45, 2.75) is 78.1 Å².